The second kappa shape index (κ2) is 8.77. The van der Waals surface area contributed by atoms with Crippen LogP contribution in [0.15, 0.2) is 41.8 Å². The number of hydrogen-bond donors (Lipinski definition) is 1. The lowest BCUT2D eigenvalue weighted by Gasteiger charge is -2.19. The number of nitrogens with zero attached hydrogens (tertiary/aromatic N) is 1. The molecule has 0 radical (unpaired) electrons. The lowest BCUT2D eigenvalue weighted by Crippen LogP contribution is -2.36. The molecule has 2 aromatic rings. The smallest absolute Gasteiger partial charge is 0.326 e. The first-order chi connectivity index (χ1) is 13.0. The van der Waals surface area contributed by atoms with E-state index in [0.29, 0.717) is 13.0 Å². The van der Waals surface area contributed by atoms with Crippen molar-refractivity contribution in [3.63, 3.8) is 0 Å². The summed E-state index contributed by atoms with van der Waals surface area (Å²) in [5, 5.41) is 4.68. The van der Waals surface area contributed by atoms with Crippen molar-refractivity contribution in [3.05, 3.63) is 58.0 Å². The predicted molar refractivity (Wildman–Crippen MR) is 97.5 cm³/mol. The van der Waals surface area contributed by atoms with E-state index in [1.54, 1.807) is 12.1 Å². The van der Waals surface area contributed by atoms with Crippen LogP contribution in [-0.2, 0) is 19.1 Å². The number of hydrogen-bond acceptors (Lipinski definition) is 5. The van der Waals surface area contributed by atoms with Crippen LogP contribution in [0.3, 0.4) is 0 Å². The topological polar surface area (TPSA) is 75.7 Å². The predicted octanol–water partition coefficient (Wildman–Crippen LogP) is 2.26. The summed E-state index contributed by atoms with van der Waals surface area (Å²) >= 11 is 1.46. The molecule has 1 N–H and O–H groups in total. The van der Waals surface area contributed by atoms with Gasteiger partial charge in [0.15, 0.2) is 6.61 Å². The average molecular weight is 390 g/mol. The van der Waals surface area contributed by atoms with Crippen LogP contribution in [0.4, 0.5) is 4.39 Å². The number of benzene rings is 1. The van der Waals surface area contributed by atoms with E-state index in [0.717, 1.165) is 16.9 Å². The monoisotopic (exact) mass is 390 g/mol. The highest BCUT2D eigenvalue weighted by atomic mass is 32.1. The summed E-state index contributed by atoms with van der Waals surface area (Å²) in [6.07, 6.45) is 1.17. The number of esters is 1. The average Bonchev–Trinajstić information content (AvgIpc) is 3.31. The Morgan fingerprint density at radius 3 is 2.67 bits per heavy atom. The Hall–Kier alpha value is -2.74. The second-order valence-corrected chi connectivity index (χ2v) is 7.13. The molecule has 2 amide bonds. The first kappa shape index (κ1) is 19.0. The Morgan fingerprint density at radius 2 is 2.04 bits per heavy atom. The maximum atomic E-state index is 13.2. The number of carbonyl (C=O) groups is 3. The summed E-state index contributed by atoms with van der Waals surface area (Å²) in [5.74, 6) is -1.53. The Bertz CT molecular complexity index is 808. The third-order valence-corrected chi connectivity index (χ3v) is 5.13. The number of amides is 2. The van der Waals surface area contributed by atoms with Crippen molar-refractivity contribution in [2.75, 3.05) is 19.7 Å². The van der Waals surface area contributed by atoms with E-state index < -0.39 is 24.5 Å². The highest BCUT2D eigenvalue weighted by molar-refractivity contribution is 7.10. The maximum absolute atomic E-state index is 13.2. The van der Waals surface area contributed by atoms with Crippen molar-refractivity contribution in [1.29, 1.82) is 0 Å². The SMILES string of the molecule is O=C(COC(=O)CN1CCCC1=O)N[C@@H](c1ccc(F)cc1)c1cccs1. The van der Waals surface area contributed by atoms with Gasteiger partial charge in [0.2, 0.25) is 5.91 Å². The van der Waals surface area contributed by atoms with Crippen molar-refractivity contribution in [2.45, 2.75) is 18.9 Å². The molecule has 0 saturated carbocycles. The molecule has 1 saturated heterocycles. The summed E-state index contributed by atoms with van der Waals surface area (Å²) < 4.78 is 18.2. The van der Waals surface area contributed by atoms with Gasteiger partial charge in [-0.3, -0.25) is 14.4 Å². The molecule has 0 unspecified atom stereocenters. The van der Waals surface area contributed by atoms with Gasteiger partial charge in [0, 0.05) is 17.8 Å². The fourth-order valence-corrected chi connectivity index (χ4v) is 3.65. The minimum absolute atomic E-state index is 0.0783. The number of carbonyl (C=O) groups excluding carboxylic acids is 3. The lowest BCUT2D eigenvalue weighted by molar-refractivity contribution is -0.151. The molecule has 27 heavy (non-hydrogen) atoms. The van der Waals surface area contributed by atoms with Gasteiger partial charge < -0.3 is 15.0 Å². The van der Waals surface area contributed by atoms with Crippen LogP contribution in [0.1, 0.15) is 29.3 Å². The van der Waals surface area contributed by atoms with E-state index in [2.05, 4.69) is 5.32 Å². The van der Waals surface area contributed by atoms with Gasteiger partial charge in [0.05, 0.1) is 6.04 Å². The van der Waals surface area contributed by atoms with E-state index in [9.17, 15) is 18.8 Å². The number of thiophene rings is 1. The van der Waals surface area contributed by atoms with Gasteiger partial charge in [-0.2, -0.15) is 0 Å². The lowest BCUT2D eigenvalue weighted by atomic mass is 10.1. The third kappa shape index (κ3) is 5.13. The molecule has 8 heteroatoms. The highest BCUT2D eigenvalue weighted by Gasteiger charge is 2.24. The quantitative estimate of drug-likeness (QED) is 0.736. The van der Waals surface area contributed by atoms with Crippen LogP contribution in [-0.4, -0.2) is 42.4 Å². The second-order valence-electron chi connectivity index (χ2n) is 6.15. The van der Waals surface area contributed by atoms with Gasteiger partial charge in [0.1, 0.15) is 12.4 Å². The standard InChI is InChI=1S/C19H19FN2O4S/c20-14-7-5-13(6-8-14)19(15-3-2-10-27-15)21-16(23)12-26-18(25)11-22-9-1-4-17(22)24/h2-3,5-8,10,19H,1,4,9,11-12H2,(H,21,23)/t19-/m0/s1. The summed E-state index contributed by atoms with van der Waals surface area (Å²) in [7, 11) is 0. The van der Waals surface area contributed by atoms with E-state index in [-0.39, 0.29) is 18.3 Å². The molecule has 0 aliphatic carbocycles. The van der Waals surface area contributed by atoms with E-state index >= 15 is 0 Å². The first-order valence-corrected chi connectivity index (χ1v) is 9.42. The molecular formula is C19H19FN2O4S. The fourth-order valence-electron chi connectivity index (χ4n) is 2.85. The molecule has 3 rings (SSSR count). The van der Waals surface area contributed by atoms with Crippen LogP contribution >= 0.6 is 11.3 Å². The van der Waals surface area contributed by atoms with Gasteiger partial charge >= 0.3 is 5.97 Å². The van der Waals surface area contributed by atoms with Gasteiger partial charge in [-0.1, -0.05) is 18.2 Å². The fraction of sp³-hybridized carbons (Fsp3) is 0.316. The zero-order valence-corrected chi connectivity index (χ0v) is 15.3. The first-order valence-electron chi connectivity index (χ1n) is 8.54. The third-order valence-electron chi connectivity index (χ3n) is 4.19. The zero-order chi connectivity index (χ0) is 19.2. The number of nitrogens with one attached hydrogen (secondary N) is 1. The molecule has 1 aliphatic heterocycles. The Morgan fingerprint density at radius 1 is 1.26 bits per heavy atom. The van der Waals surface area contributed by atoms with Crippen LogP contribution < -0.4 is 5.32 Å². The molecule has 1 atom stereocenters. The Balaban J connectivity index is 1.57. The molecule has 0 bridgehead atoms. The van der Waals surface area contributed by atoms with Gasteiger partial charge in [-0.15, -0.1) is 11.3 Å². The molecule has 1 aliphatic rings. The molecule has 0 spiro atoms. The van der Waals surface area contributed by atoms with Gasteiger partial charge in [-0.25, -0.2) is 4.39 Å². The van der Waals surface area contributed by atoms with Gasteiger partial charge in [0.25, 0.3) is 5.91 Å². The zero-order valence-electron chi connectivity index (χ0n) is 14.5. The summed E-state index contributed by atoms with van der Waals surface area (Å²) in [6, 6.07) is 9.12. The van der Waals surface area contributed by atoms with Crippen LogP contribution in [0.25, 0.3) is 0 Å². The van der Waals surface area contributed by atoms with Crippen molar-refractivity contribution in [1.82, 2.24) is 10.2 Å². The van der Waals surface area contributed by atoms with E-state index in [1.807, 2.05) is 17.5 Å². The van der Waals surface area contributed by atoms with Crippen LogP contribution in [0.5, 0.6) is 0 Å². The largest absolute Gasteiger partial charge is 0.454 e. The maximum Gasteiger partial charge on any atom is 0.326 e. The van der Waals surface area contributed by atoms with Crippen LogP contribution in [0.2, 0.25) is 0 Å². The molecule has 1 aromatic heterocycles. The van der Waals surface area contributed by atoms with Crippen LogP contribution in [0, 0.1) is 5.82 Å². The Kier molecular flexibility index (Phi) is 6.18. The minimum Gasteiger partial charge on any atom is -0.454 e. The number of rotatable bonds is 7. The number of ether oxygens (including phenoxy) is 1. The highest BCUT2D eigenvalue weighted by Crippen LogP contribution is 2.26. The van der Waals surface area contributed by atoms with Crippen molar-refractivity contribution in [2.24, 2.45) is 0 Å². The molecule has 1 fully saturated rings. The van der Waals surface area contributed by atoms with Crippen molar-refractivity contribution < 1.29 is 23.5 Å². The number of halogens is 1. The molecule has 6 nitrogen and oxygen atoms in total. The summed E-state index contributed by atoms with van der Waals surface area (Å²) in [6.45, 7) is -0.0481. The number of likely N-dealkylation sites (tertiary alicyclic amines) is 1. The van der Waals surface area contributed by atoms with Crippen molar-refractivity contribution >= 4 is 29.1 Å². The van der Waals surface area contributed by atoms with E-state index in [4.69, 9.17) is 4.74 Å². The van der Waals surface area contributed by atoms with Crippen molar-refractivity contribution in [3.8, 4) is 0 Å². The molecule has 142 valence electrons. The summed E-state index contributed by atoms with van der Waals surface area (Å²) in [4.78, 5) is 37.9. The van der Waals surface area contributed by atoms with Gasteiger partial charge in [-0.05, 0) is 35.6 Å². The minimum atomic E-state index is -0.616. The molecular weight excluding hydrogens is 371 g/mol. The van der Waals surface area contributed by atoms with E-state index in [1.165, 1.54) is 28.4 Å². The molecule has 2 heterocycles. The summed E-state index contributed by atoms with van der Waals surface area (Å²) in [5.41, 5.74) is 0.723. The normalized spacial score (nSPS) is 14.9. The molecule has 1 aromatic carbocycles. The Labute approximate surface area is 159 Å².